The van der Waals surface area contributed by atoms with E-state index in [2.05, 4.69) is 0 Å². The Balaban J connectivity index is -0.000000101. The second-order valence-electron chi connectivity index (χ2n) is 1.28. The van der Waals surface area contributed by atoms with Crippen LogP contribution in [0.3, 0.4) is 0 Å². The molecule has 4 nitrogen and oxygen atoms in total. The minimum absolute atomic E-state index is 0.597. The van der Waals surface area contributed by atoms with E-state index in [9.17, 15) is 0 Å². The topological polar surface area (TPSA) is 104 Å². The Labute approximate surface area is 91.5 Å². The molecule has 0 radical (unpaired) electrons. The molecule has 0 bridgehead atoms. The van der Waals surface area contributed by atoms with Crippen LogP contribution in [0.5, 0.6) is 0 Å². The fourth-order valence-electron chi connectivity index (χ4n) is 0. The second kappa shape index (κ2) is 22.9. The molecule has 0 amide bonds. The molecule has 0 saturated carbocycles. The van der Waals surface area contributed by atoms with Crippen LogP contribution in [-0.4, -0.2) is 26.2 Å². The van der Waals surface area contributed by atoms with Crippen LogP contribution >= 0.6 is 27.6 Å². The molecule has 0 aromatic rings. The maximum absolute atomic E-state index is 4.95. The van der Waals surface area contributed by atoms with Gasteiger partial charge in [0.05, 0.1) is 0 Å². The van der Waals surface area contributed by atoms with Crippen molar-refractivity contribution in [3.8, 4) is 0 Å². The average molecular weight is 424 g/mol. The molecule has 12 heavy (non-hydrogen) atoms. The number of halogens is 3. The van der Waals surface area contributed by atoms with Gasteiger partial charge in [-0.2, -0.15) is 0 Å². The molecule has 0 aromatic carbocycles. The summed E-state index contributed by atoms with van der Waals surface area (Å²) in [4.78, 5) is 0. The van der Waals surface area contributed by atoms with Crippen molar-refractivity contribution in [1.29, 1.82) is 0 Å². The quantitative estimate of drug-likeness (QED) is 0.465. The molecule has 0 atom stereocenters. The van der Waals surface area contributed by atoms with Crippen LogP contribution in [0.25, 0.3) is 0 Å². The Morgan fingerprint density at radius 1 is 0.667 bits per heavy atom. The van der Waals surface area contributed by atoms with Crippen molar-refractivity contribution in [2.24, 2.45) is 22.9 Å². The van der Waals surface area contributed by atoms with Crippen molar-refractivity contribution < 1.29 is 15.2 Å². The molecule has 0 aliphatic carbocycles. The number of rotatable bonds is 2. The molecule has 84 valence electrons. The summed E-state index contributed by atoms with van der Waals surface area (Å²) in [6.45, 7) is 2.39. The molecule has 0 aliphatic rings. The zero-order valence-electron chi connectivity index (χ0n) is 6.57. The van der Waals surface area contributed by atoms with Crippen LogP contribution in [0.1, 0.15) is 0 Å². The van der Waals surface area contributed by atoms with Gasteiger partial charge in [0.15, 0.2) is 0 Å². The van der Waals surface area contributed by atoms with Crippen molar-refractivity contribution in [1.82, 2.24) is 0 Å². The SMILES string of the molecule is NCCN.NCCN.[Cl][Au]([Cl])[Cl]. The Kier molecular flexibility index (Phi) is 36.4. The van der Waals surface area contributed by atoms with E-state index in [1.54, 1.807) is 0 Å². The van der Waals surface area contributed by atoms with E-state index in [0.29, 0.717) is 26.2 Å². The molecule has 0 aliphatic heterocycles. The molecular weight excluding hydrogens is 407 g/mol. The molecule has 0 unspecified atom stereocenters. The van der Waals surface area contributed by atoms with Gasteiger partial charge in [-0.1, -0.05) is 0 Å². The van der Waals surface area contributed by atoms with E-state index in [0.717, 1.165) is 0 Å². The molecule has 0 rings (SSSR count). The van der Waals surface area contributed by atoms with E-state index in [1.165, 1.54) is 0 Å². The van der Waals surface area contributed by atoms with Crippen LogP contribution in [0.2, 0.25) is 0 Å². The third kappa shape index (κ3) is 105. The predicted molar refractivity (Wildman–Crippen MR) is 53.8 cm³/mol. The molecule has 0 aromatic heterocycles. The van der Waals surface area contributed by atoms with Gasteiger partial charge in [0.1, 0.15) is 0 Å². The third-order valence-corrected chi connectivity index (χ3v) is 0.333. The Morgan fingerprint density at radius 3 is 0.750 bits per heavy atom. The van der Waals surface area contributed by atoms with Crippen molar-refractivity contribution in [2.45, 2.75) is 0 Å². The van der Waals surface area contributed by atoms with Crippen molar-refractivity contribution in [3.63, 3.8) is 0 Å². The molecule has 0 heterocycles. The average Bonchev–Trinajstić information content (AvgIpc) is 2.03. The van der Waals surface area contributed by atoms with E-state index >= 15 is 0 Å². The summed E-state index contributed by atoms with van der Waals surface area (Å²) in [5.74, 6) is 0. The first kappa shape index (κ1) is 19.1. The second-order valence-corrected chi connectivity index (χ2v) is 10.7. The van der Waals surface area contributed by atoms with E-state index < -0.39 is 15.2 Å². The van der Waals surface area contributed by atoms with Crippen molar-refractivity contribution in [2.75, 3.05) is 26.2 Å². The Bertz CT molecular complexity index is 48.8. The van der Waals surface area contributed by atoms with Crippen LogP contribution in [-0.2, 0) is 15.2 Å². The van der Waals surface area contributed by atoms with Gasteiger partial charge in [-0.3, -0.25) is 0 Å². The summed E-state index contributed by atoms with van der Waals surface area (Å²) in [6.07, 6.45) is 0. The minimum atomic E-state index is -1.79. The van der Waals surface area contributed by atoms with E-state index in [-0.39, 0.29) is 0 Å². The summed E-state index contributed by atoms with van der Waals surface area (Å²) >= 11 is -1.79. The van der Waals surface area contributed by atoms with Gasteiger partial charge >= 0.3 is 42.8 Å². The normalized spacial score (nSPS) is 8.75. The standard InChI is InChI=1S/2C2H8N2.Au.3ClH/c2*3-1-2-4;;;;/h2*1-4H2;;3*1H/q;;+3;;;/p-3. The van der Waals surface area contributed by atoms with Crippen molar-refractivity contribution in [3.05, 3.63) is 0 Å². The number of hydrogen-bond donors (Lipinski definition) is 4. The Hall–Kier alpha value is 1.45. The molecular formula is C4H16AuCl3N4. The van der Waals surface area contributed by atoms with Gasteiger partial charge in [0, 0.05) is 26.2 Å². The van der Waals surface area contributed by atoms with Gasteiger partial charge in [0.2, 0.25) is 0 Å². The van der Waals surface area contributed by atoms with Gasteiger partial charge < -0.3 is 22.9 Å². The van der Waals surface area contributed by atoms with Crippen LogP contribution in [0.4, 0.5) is 0 Å². The van der Waals surface area contributed by atoms with Crippen molar-refractivity contribution >= 4 is 27.6 Å². The number of nitrogens with two attached hydrogens (primary N) is 4. The molecule has 0 spiro atoms. The fourth-order valence-corrected chi connectivity index (χ4v) is 0. The number of hydrogen-bond acceptors (Lipinski definition) is 4. The summed E-state index contributed by atoms with van der Waals surface area (Å²) in [7, 11) is 14.9. The summed E-state index contributed by atoms with van der Waals surface area (Å²) < 4.78 is 0. The van der Waals surface area contributed by atoms with Crippen LogP contribution in [0.15, 0.2) is 0 Å². The molecule has 8 N–H and O–H groups in total. The van der Waals surface area contributed by atoms with Gasteiger partial charge in [0.25, 0.3) is 0 Å². The zero-order chi connectivity index (χ0) is 10.4. The Morgan fingerprint density at radius 2 is 0.750 bits per heavy atom. The molecule has 0 fully saturated rings. The van der Waals surface area contributed by atoms with E-state index in [4.69, 9.17) is 50.5 Å². The van der Waals surface area contributed by atoms with Gasteiger partial charge in [-0.15, -0.1) is 0 Å². The first-order chi connectivity index (χ1) is 5.56. The zero-order valence-corrected chi connectivity index (χ0v) is 11.0. The summed E-state index contributed by atoms with van der Waals surface area (Å²) in [5, 5.41) is 0. The molecule has 0 saturated heterocycles. The summed E-state index contributed by atoms with van der Waals surface area (Å²) in [5.41, 5.74) is 19.6. The van der Waals surface area contributed by atoms with Crippen LogP contribution < -0.4 is 22.9 Å². The first-order valence-corrected chi connectivity index (χ1v) is 11.0. The fraction of sp³-hybridized carbons (Fsp3) is 1.00. The summed E-state index contributed by atoms with van der Waals surface area (Å²) in [6, 6.07) is 0. The monoisotopic (exact) mass is 422 g/mol. The molecule has 8 heteroatoms. The first-order valence-electron chi connectivity index (χ1n) is 2.97. The van der Waals surface area contributed by atoms with Crippen LogP contribution in [0, 0.1) is 0 Å². The van der Waals surface area contributed by atoms with Gasteiger partial charge in [-0.05, 0) is 0 Å². The third-order valence-electron chi connectivity index (χ3n) is 0.333. The van der Waals surface area contributed by atoms with Gasteiger partial charge in [-0.25, -0.2) is 0 Å². The maximum atomic E-state index is 4.95. The van der Waals surface area contributed by atoms with E-state index in [1.807, 2.05) is 0 Å². The predicted octanol–water partition coefficient (Wildman–Crippen LogP) is -0.126.